The molecule has 112 valence electrons. The van der Waals surface area contributed by atoms with Gasteiger partial charge in [0.1, 0.15) is 11.4 Å². The number of carbonyl (C=O) groups is 2. The average molecular weight is 282 g/mol. The zero-order valence-corrected chi connectivity index (χ0v) is 12.4. The van der Waals surface area contributed by atoms with Crippen LogP contribution in [-0.2, 0) is 16.1 Å². The first-order valence-electron chi connectivity index (χ1n) is 6.55. The first-order chi connectivity index (χ1) is 9.26. The van der Waals surface area contributed by atoms with Crippen LogP contribution in [0.5, 0.6) is 0 Å². The number of carbonyl (C=O) groups excluding carboxylic acids is 2. The topological polar surface area (TPSA) is 80.6 Å². The molecule has 1 unspecified atom stereocenters. The molecule has 2 amide bonds. The van der Waals surface area contributed by atoms with Crippen molar-refractivity contribution in [1.29, 1.82) is 0 Å². The Bertz CT molecular complexity index is 435. The third-order valence-corrected chi connectivity index (χ3v) is 2.29. The highest BCUT2D eigenvalue weighted by Crippen LogP contribution is 2.07. The van der Waals surface area contributed by atoms with Gasteiger partial charge in [-0.3, -0.25) is 4.79 Å². The zero-order chi connectivity index (χ0) is 15.2. The molecule has 2 N–H and O–H groups in total. The van der Waals surface area contributed by atoms with E-state index in [0.717, 1.165) is 0 Å². The Morgan fingerprint density at radius 2 is 2.10 bits per heavy atom. The third kappa shape index (κ3) is 6.82. The molecule has 1 rings (SSSR count). The van der Waals surface area contributed by atoms with E-state index in [1.54, 1.807) is 46.1 Å². The molecule has 0 aromatic carbocycles. The third-order valence-electron chi connectivity index (χ3n) is 2.29. The fraction of sp³-hybridized carbons (Fsp3) is 0.571. The SMILES string of the molecule is CC(CC(=O)NCc1ccco1)NC(=O)OC(C)(C)C. The van der Waals surface area contributed by atoms with Gasteiger partial charge in [-0.25, -0.2) is 4.79 Å². The maximum atomic E-state index is 11.7. The van der Waals surface area contributed by atoms with E-state index >= 15 is 0 Å². The Morgan fingerprint density at radius 3 is 2.65 bits per heavy atom. The van der Waals surface area contributed by atoms with Crippen molar-refractivity contribution < 1.29 is 18.7 Å². The second-order valence-electron chi connectivity index (χ2n) is 5.61. The summed E-state index contributed by atoms with van der Waals surface area (Å²) < 4.78 is 10.2. The van der Waals surface area contributed by atoms with Gasteiger partial charge in [0.05, 0.1) is 12.8 Å². The molecule has 0 radical (unpaired) electrons. The number of amides is 2. The van der Waals surface area contributed by atoms with E-state index in [4.69, 9.17) is 9.15 Å². The van der Waals surface area contributed by atoms with E-state index in [1.165, 1.54) is 0 Å². The van der Waals surface area contributed by atoms with Crippen LogP contribution in [0.15, 0.2) is 22.8 Å². The van der Waals surface area contributed by atoms with Crippen molar-refractivity contribution in [3.63, 3.8) is 0 Å². The molecule has 20 heavy (non-hydrogen) atoms. The number of furan rings is 1. The first-order valence-corrected chi connectivity index (χ1v) is 6.55. The maximum Gasteiger partial charge on any atom is 0.407 e. The Hall–Kier alpha value is -1.98. The monoisotopic (exact) mass is 282 g/mol. The molecule has 0 aliphatic heterocycles. The van der Waals surface area contributed by atoms with E-state index in [9.17, 15) is 9.59 Å². The standard InChI is InChI=1S/C14H22N2O4/c1-10(16-13(18)20-14(2,3)4)8-12(17)15-9-11-6-5-7-19-11/h5-7,10H,8-9H2,1-4H3,(H,15,17)(H,16,18). The molecular formula is C14H22N2O4. The van der Waals surface area contributed by atoms with Crippen molar-refractivity contribution in [2.24, 2.45) is 0 Å². The number of rotatable bonds is 5. The lowest BCUT2D eigenvalue weighted by Crippen LogP contribution is -2.40. The number of alkyl carbamates (subject to hydrolysis) is 1. The molecule has 0 aliphatic rings. The summed E-state index contributed by atoms with van der Waals surface area (Å²) in [4.78, 5) is 23.2. The fourth-order valence-electron chi connectivity index (χ4n) is 1.51. The Kier molecular flexibility index (Phi) is 5.61. The van der Waals surface area contributed by atoms with Gasteiger partial charge in [0.2, 0.25) is 5.91 Å². The minimum absolute atomic E-state index is 0.162. The highest BCUT2D eigenvalue weighted by Gasteiger charge is 2.18. The number of hydrogen-bond acceptors (Lipinski definition) is 4. The highest BCUT2D eigenvalue weighted by molar-refractivity contribution is 5.77. The minimum Gasteiger partial charge on any atom is -0.467 e. The molecule has 6 nitrogen and oxygen atoms in total. The molecule has 0 saturated heterocycles. The summed E-state index contributed by atoms with van der Waals surface area (Å²) >= 11 is 0. The van der Waals surface area contributed by atoms with Gasteiger partial charge < -0.3 is 19.8 Å². The van der Waals surface area contributed by atoms with Crippen LogP contribution >= 0.6 is 0 Å². The van der Waals surface area contributed by atoms with Crippen LogP contribution in [0, 0.1) is 0 Å². The molecule has 1 atom stereocenters. The van der Waals surface area contributed by atoms with Gasteiger partial charge in [-0.05, 0) is 39.8 Å². The Morgan fingerprint density at radius 1 is 1.40 bits per heavy atom. The van der Waals surface area contributed by atoms with Crippen LogP contribution in [0.25, 0.3) is 0 Å². The summed E-state index contributed by atoms with van der Waals surface area (Å²) in [7, 11) is 0. The summed E-state index contributed by atoms with van der Waals surface area (Å²) in [6.07, 6.45) is 1.21. The smallest absolute Gasteiger partial charge is 0.407 e. The van der Waals surface area contributed by atoms with Gasteiger partial charge in [0.25, 0.3) is 0 Å². The lowest BCUT2D eigenvalue weighted by atomic mass is 10.2. The average Bonchev–Trinajstić information content (AvgIpc) is 2.75. The molecule has 1 aromatic heterocycles. The van der Waals surface area contributed by atoms with Crippen LogP contribution in [0.3, 0.4) is 0 Å². The molecule has 0 spiro atoms. The molecule has 1 aromatic rings. The number of nitrogens with one attached hydrogen (secondary N) is 2. The second-order valence-corrected chi connectivity index (χ2v) is 5.61. The maximum absolute atomic E-state index is 11.7. The predicted octanol–water partition coefficient (Wildman–Crippen LogP) is 2.20. The van der Waals surface area contributed by atoms with Gasteiger partial charge >= 0.3 is 6.09 Å². The zero-order valence-electron chi connectivity index (χ0n) is 12.4. The van der Waals surface area contributed by atoms with Gasteiger partial charge in [0, 0.05) is 12.5 Å². The van der Waals surface area contributed by atoms with Crippen LogP contribution in [0.2, 0.25) is 0 Å². The van der Waals surface area contributed by atoms with Gasteiger partial charge in [-0.2, -0.15) is 0 Å². The second kappa shape index (κ2) is 6.98. The van der Waals surface area contributed by atoms with Gasteiger partial charge in [0.15, 0.2) is 0 Å². The molecule has 0 fully saturated rings. The van der Waals surface area contributed by atoms with E-state index in [1.807, 2.05) is 0 Å². The van der Waals surface area contributed by atoms with E-state index in [0.29, 0.717) is 12.3 Å². The van der Waals surface area contributed by atoms with Crippen molar-refractivity contribution >= 4 is 12.0 Å². The van der Waals surface area contributed by atoms with Gasteiger partial charge in [-0.1, -0.05) is 0 Å². The highest BCUT2D eigenvalue weighted by atomic mass is 16.6. The first kappa shape index (κ1) is 16.1. The summed E-state index contributed by atoms with van der Waals surface area (Å²) in [5.41, 5.74) is -0.550. The van der Waals surface area contributed by atoms with Crippen LogP contribution in [0.1, 0.15) is 39.9 Å². The molecule has 0 aliphatic carbocycles. The van der Waals surface area contributed by atoms with E-state index in [-0.39, 0.29) is 18.4 Å². The lowest BCUT2D eigenvalue weighted by Gasteiger charge is -2.21. The lowest BCUT2D eigenvalue weighted by molar-refractivity contribution is -0.121. The molecule has 6 heteroatoms. The van der Waals surface area contributed by atoms with Crippen molar-refractivity contribution in [2.75, 3.05) is 0 Å². The molecule has 1 heterocycles. The van der Waals surface area contributed by atoms with Gasteiger partial charge in [-0.15, -0.1) is 0 Å². The largest absolute Gasteiger partial charge is 0.467 e. The van der Waals surface area contributed by atoms with Crippen molar-refractivity contribution in [2.45, 2.75) is 52.3 Å². The van der Waals surface area contributed by atoms with Crippen LogP contribution in [0.4, 0.5) is 4.79 Å². The van der Waals surface area contributed by atoms with Crippen LogP contribution in [-0.4, -0.2) is 23.6 Å². The Balaban J connectivity index is 2.25. The summed E-state index contributed by atoms with van der Waals surface area (Å²) in [5, 5.41) is 5.33. The summed E-state index contributed by atoms with van der Waals surface area (Å²) in [6.45, 7) is 7.44. The van der Waals surface area contributed by atoms with Crippen molar-refractivity contribution in [3.8, 4) is 0 Å². The van der Waals surface area contributed by atoms with Crippen molar-refractivity contribution in [3.05, 3.63) is 24.2 Å². The van der Waals surface area contributed by atoms with E-state index < -0.39 is 11.7 Å². The minimum atomic E-state index is -0.550. The van der Waals surface area contributed by atoms with Crippen LogP contribution < -0.4 is 10.6 Å². The quantitative estimate of drug-likeness (QED) is 0.867. The fourth-order valence-corrected chi connectivity index (χ4v) is 1.51. The molecular weight excluding hydrogens is 260 g/mol. The predicted molar refractivity (Wildman–Crippen MR) is 74.0 cm³/mol. The summed E-state index contributed by atoms with van der Waals surface area (Å²) in [5.74, 6) is 0.524. The Labute approximate surface area is 118 Å². The molecule has 0 saturated carbocycles. The van der Waals surface area contributed by atoms with E-state index in [2.05, 4.69) is 10.6 Å². The summed E-state index contributed by atoms with van der Waals surface area (Å²) in [6, 6.07) is 3.23. The number of hydrogen-bond donors (Lipinski definition) is 2. The molecule has 0 bridgehead atoms. The normalized spacial score (nSPS) is 12.6. The van der Waals surface area contributed by atoms with Crippen molar-refractivity contribution in [1.82, 2.24) is 10.6 Å². The number of ether oxygens (including phenoxy) is 1.